The lowest BCUT2D eigenvalue weighted by Crippen LogP contribution is -2.41. The van der Waals surface area contributed by atoms with Gasteiger partial charge in [-0.25, -0.2) is 0 Å². The quantitative estimate of drug-likeness (QED) is 0.806. The molecule has 3 rings (SSSR count). The molecule has 0 aliphatic carbocycles. The Bertz CT molecular complexity index is 909. The topological polar surface area (TPSA) is 86.7 Å². The first-order valence-corrected chi connectivity index (χ1v) is 9.28. The molecule has 0 spiro atoms. The molecule has 0 saturated heterocycles. The molecule has 0 aromatic heterocycles. The predicted molar refractivity (Wildman–Crippen MR) is 106 cm³/mol. The SMILES string of the molecule is Cc1cccc(C[C@H](CNC(=O)[C@H]2CC(=O)N(C)c3ccccc32)C(=O)O)c1. The van der Waals surface area contributed by atoms with Crippen LogP contribution in [-0.2, 0) is 20.8 Å². The number of carboxylic acid groups (broad SMARTS) is 1. The van der Waals surface area contributed by atoms with E-state index < -0.39 is 17.8 Å². The van der Waals surface area contributed by atoms with Crippen LogP contribution in [0.15, 0.2) is 48.5 Å². The van der Waals surface area contributed by atoms with Gasteiger partial charge in [0.1, 0.15) is 0 Å². The van der Waals surface area contributed by atoms with Crippen LogP contribution in [0.4, 0.5) is 5.69 Å². The summed E-state index contributed by atoms with van der Waals surface area (Å²) in [6.07, 6.45) is 0.412. The highest BCUT2D eigenvalue weighted by atomic mass is 16.4. The van der Waals surface area contributed by atoms with Gasteiger partial charge in [0.05, 0.1) is 11.8 Å². The second kappa shape index (κ2) is 8.25. The Morgan fingerprint density at radius 1 is 1.21 bits per heavy atom. The average molecular weight is 380 g/mol. The Balaban J connectivity index is 1.70. The lowest BCUT2D eigenvalue weighted by molar-refractivity contribution is -0.141. The molecule has 1 aliphatic heterocycles. The molecule has 1 heterocycles. The van der Waals surface area contributed by atoms with E-state index in [1.54, 1.807) is 11.9 Å². The fraction of sp³-hybridized carbons (Fsp3) is 0.318. The van der Waals surface area contributed by atoms with Gasteiger partial charge >= 0.3 is 5.97 Å². The zero-order valence-electron chi connectivity index (χ0n) is 16.0. The number of aliphatic carboxylic acids is 1. The molecular formula is C22H24N2O4. The lowest BCUT2D eigenvalue weighted by atomic mass is 9.88. The number of amides is 2. The number of rotatable bonds is 6. The van der Waals surface area contributed by atoms with Gasteiger partial charge in [0, 0.05) is 25.7 Å². The third-order valence-electron chi connectivity index (χ3n) is 5.18. The van der Waals surface area contributed by atoms with Crippen LogP contribution in [0.25, 0.3) is 0 Å². The molecule has 28 heavy (non-hydrogen) atoms. The summed E-state index contributed by atoms with van der Waals surface area (Å²) < 4.78 is 0. The Labute approximate surface area is 164 Å². The number of carbonyl (C=O) groups excluding carboxylic acids is 2. The molecule has 0 radical (unpaired) electrons. The van der Waals surface area contributed by atoms with Crippen LogP contribution in [0.5, 0.6) is 0 Å². The molecule has 146 valence electrons. The second-order valence-corrected chi connectivity index (χ2v) is 7.24. The zero-order valence-corrected chi connectivity index (χ0v) is 16.0. The van der Waals surface area contributed by atoms with E-state index in [1.807, 2.05) is 55.5 Å². The van der Waals surface area contributed by atoms with Gasteiger partial charge in [0.2, 0.25) is 11.8 Å². The standard InChI is InChI=1S/C22H24N2O4/c1-14-6-5-7-15(10-14)11-16(22(27)28)13-23-21(26)18-12-20(25)24(2)19-9-4-3-8-17(18)19/h3-10,16,18H,11-13H2,1-2H3,(H,23,26)(H,27,28)/t16-,18+/m1/s1. The third kappa shape index (κ3) is 4.22. The normalized spacial score (nSPS) is 17.0. The Kier molecular flexibility index (Phi) is 5.78. The van der Waals surface area contributed by atoms with Crippen molar-refractivity contribution in [2.45, 2.75) is 25.7 Å². The van der Waals surface area contributed by atoms with Crippen LogP contribution in [0.3, 0.4) is 0 Å². The monoisotopic (exact) mass is 380 g/mol. The molecule has 2 amide bonds. The summed E-state index contributed by atoms with van der Waals surface area (Å²) in [5, 5.41) is 12.3. The van der Waals surface area contributed by atoms with Gasteiger partial charge in [-0.1, -0.05) is 48.0 Å². The fourth-order valence-electron chi connectivity index (χ4n) is 3.59. The number of carbonyl (C=O) groups is 3. The molecule has 6 nitrogen and oxygen atoms in total. The maximum Gasteiger partial charge on any atom is 0.308 e. The molecule has 1 aliphatic rings. The molecule has 6 heteroatoms. The highest BCUT2D eigenvalue weighted by Gasteiger charge is 2.34. The largest absolute Gasteiger partial charge is 0.481 e. The zero-order chi connectivity index (χ0) is 20.3. The number of hydrogen-bond donors (Lipinski definition) is 2. The van der Waals surface area contributed by atoms with Gasteiger partial charge in [-0.05, 0) is 30.5 Å². The van der Waals surface area contributed by atoms with E-state index >= 15 is 0 Å². The van der Waals surface area contributed by atoms with E-state index in [2.05, 4.69) is 5.32 Å². The van der Waals surface area contributed by atoms with Crippen LogP contribution in [0.1, 0.15) is 29.0 Å². The molecule has 2 aromatic carbocycles. The fourth-order valence-corrected chi connectivity index (χ4v) is 3.59. The molecular weight excluding hydrogens is 356 g/mol. The van der Waals surface area contributed by atoms with Gasteiger partial charge in [-0.3, -0.25) is 14.4 Å². The minimum atomic E-state index is -0.957. The Morgan fingerprint density at radius 2 is 1.96 bits per heavy atom. The van der Waals surface area contributed by atoms with Crippen LogP contribution in [-0.4, -0.2) is 36.5 Å². The first-order chi connectivity index (χ1) is 13.4. The molecule has 0 saturated carbocycles. The van der Waals surface area contributed by atoms with Crippen molar-refractivity contribution in [3.05, 3.63) is 65.2 Å². The number of nitrogens with one attached hydrogen (secondary N) is 1. The van der Waals surface area contributed by atoms with Gasteiger partial charge in [0.25, 0.3) is 0 Å². The van der Waals surface area contributed by atoms with Gasteiger partial charge in [-0.15, -0.1) is 0 Å². The number of carboxylic acids is 1. The maximum atomic E-state index is 12.8. The van der Waals surface area contributed by atoms with Crippen LogP contribution >= 0.6 is 0 Å². The highest BCUT2D eigenvalue weighted by Crippen LogP contribution is 2.35. The minimum absolute atomic E-state index is 0.0187. The van der Waals surface area contributed by atoms with Crippen LogP contribution in [0, 0.1) is 12.8 Å². The van der Waals surface area contributed by atoms with E-state index in [0.29, 0.717) is 12.1 Å². The minimum Gasteiger partial charge on any atom is -0.481 e. The molecule has 2 aromatic rings. The van der Waals surface area contributed by atoms with Crippen molar-refractivity contribution in [3.8, 4) is 0 Å². The van der Waals surface area contributed by atoms with Crippen molar-refractivity contribution in [2.24, 2.45) is 5.92 Å². The number of benzene rings is 2. The first-order valence-electron chi connectivity index (χ1n) is 9.28. The highest BCUT2D eigenvalue weighted by molar-refractivity contribution is 6.02. The smallest absolute Gasteiger partial charge is 0.308 e. The van der Waals surface area contributed by atoms with Crippen LogP contribution in [0.2, 0.25) is 0 Å². The summed E-state index contributed by atoms with van der Waals surface area (Å²) in [5.74, 6) is -2.74. The number of aryl methyl sites for hydroxylation is 1. The predicted octanol–water partition coefficient (Wildman–Crippen LogP) is 2.50. The molecule has 0 unspecified atom stereocenters. The van der Waals surface area contributed by atoms with E-state index in [0.717, 1.165) is 16.7 Å². The second-order valence-electron chi connectivity index (χ2n) is 7.24. The summed E-state index contributed by atoms with van der Waals surface area (Å²) >= 11 is 0. The van der Waals surface area contributed by atoms with Crippen molar-refractivity contribution in [3.63, 3.8) is 0 Å². The summed E-state index contributed by atoms with van der Waals surface area (Å²) in [5.41, 5.74) is 3.48. The molecule has 2 N–H and O–H groups in total. The van der Waals surface area contributed by atoms with Crippen LogP contribution < -0.4 is 10.2 Å². The molecule has 2 atom stereocenters. The van der Waals surface area contributed by atoms with Crippen molar-refractivity contribution < 1.29 is 19.5 Å². The van der Waals surface area contributed by atoms with Crippen molar-refractivity contribution in [1.29, 1.82) is 0 Å². The maximum absolute atomic E-state index is 12.8. The average Bonchev–Trinajstić information content (AvgIpc) is 2.67. The molecule has 0 fully saturated rings. The molecule has 0 bridgehead atoms. The summed E-state index contributed by atoms with van der Waals surface area (Å²) in [6.45, 7) is 1.97. The van der Waals surface area contributed by atoms with Gasteiger partial charge in [0.15, 0.2) is 0 Å². The number of fused-ring (bicyclic) bond motifs is 1. The Morgan fingerprint density at radius 3 is 2.68 bits per heavy atom. The van der Waals surface area contributed by atoms with E-state index in [1.165, 1.54) is 0 Å². The lowest BCUT2D eigenvalue weighted by Gasteiger charge is -2.31. The summed E-state index contributed by atoms with van der Waals surface area (Å²) in [6, 6.07) is 15.0. The van der Waals surface area contributed by atoms with Crippen molar-refractivity contribution >= 4 is 23.5 Å². The Hall–Kier alpha value is -3.15. The summed E-state index contributed by atoms with van der Waals surface area (Å²) in [4.78, 5) is 38.2. The van der Waals surface area contributed by atoms with Gasteiger partial charge in [-0.2, -0.15) is 0 Å². The number of hydrogen-bond acceptors (Lipinski definition) is 3. The van der Waals surface area contributed by atoms with Crippen molar-refractivity contribution in [1.82, 2.24) is 5.32 Å². The van der Waals surface area contributed by atoms with Crippen molar-refractivity contribution in [2.75, 3.05) is 18.5 Å². The summed E-state index contributed by atoms with van der Waals surface area (Å²) in [7, 11) is 1.69. The third-order valence-corrected chi connectivity index (χ3v) is 5.18. The number of para-hydroxylation sites is 1. The van der Waals surface area contributed by atoms with E-state index in [4.69, 9.17) is 0 Å². The number of nitrogens with zero attached hydrogens (tertiary/aromatic N) is 1. The van der Waals surface area contributed by atoms with E-state index in [9.17, 15) is 19.5 Å². The first kappa shape index (κ1) is 19.6. The number of anilines is 1. The van der Waals surface area contributed by atoms with E-state index in [-0.39, 0.29) is 24.8 Å². The van der Waals surface area contributed by atoms with Gasteiger partial charge < -0.3 is 15.3 Å².